The Morgan fingerprint density at radius 3 is 2.12 bits per heavy atom. The van der Waals surface area contributed by atoms with Gasteiger partial charge >= 0.3 is 0 Å². The molecule has 0 aromatic carbocycles. The molecule has 0 amide bonds. The number of hydrogen-bond donors (Lipinski definition) is 1. The fourth-order valence-electron chi connectivity index (χ4n) is 4.55. The van der Waals surface area contributed by atoms with Crippen LogP contribution < -0.4 is 0 Å². The van der Waals surface area contributed by atoms with Crippen LogP contribution in [0.15, 0.2) is 0 Å². The fourth-order valence-corrected chi connectivity index (χ4v) is 4.55. The summed E-state index contributed by atoms with van der Waals surface area (Å²) in [6.45, 7) is 1.25. The molecule has 3 fully saturated rings. The molecule has 0 radical (unpaired) electrons. The third-order valence-electron chi connectivity index (χ3n) is 5.41. The molecule has 2 saturated carbocycles. The van der Waals surface area contributed by atoms with Crippen LogP contribution in [0.25, 0.3) is 0 Å². The van der Waals surface area contributed by atoms with E-state index in [1.165, 1.54) is 64.3 Å². The maximum atomic E-state index is 10.2. The molecule has 0 bridgehead atoms. The van der Waals surface area contributed by atoms with Gasteiger partial charge in [0.15, 0.2) is 0 Å². The molecular weight excluding hydrogens is 210 g/mol. The molecule has 3 aliphatic rings. The highest BCUT2D eigenvalue weighted by atomic mass is 16.3. The van der Waals surface area contributed by atoms with Gasteiger partial charge in [-0.15, -0.1) is 0 Å². The van der Waals surface area contributed by atoms with Crippen LogP contribution in [0.4, 0.5) is 0 Å². The second-order valence-corrected chi connectivity index (χ2v) is 6.41. The zero-order chi connectivity index (χ0) is 11.7. The zero-order valence-electron chi connectivity index (χ0n) is 11.0. The van der Waals surface area contributed by atoms with Crippen LogP contribution in [-0.2, 0) is 0 Å². The number of aliphatic hydroxyl groups is 1. The van der Waals surface area contributed by atoms with Crippen LogP contribution >= 0.6 is 0 Å². The van der Waals surface area contributed by atoms with Crippen molar-refractivity contribution in [3.05, 3.63) is 0 Å². The normalized spacial score (nSPS) is 41.1. The standard InChI is InChI=1S/C15H27NO/c17-15-10-4-3-8-14(15)16-11-5-9-13(16)12-6-1-2-7-12/h12-15,17H,1-11H2/t13?,14-,15-/m0/s1. The van der Waals surface area contributed by atoms with Gasteiger partial charge in [-0.3, -0.25) is 4.90 Å². The average Bonchev–Trinajstić information content (AvgIpc) is 3.00. The van der Waals surface area contributed by atoms with E-state index in [4.69, 9.17) is 0 Å². The Bertz CT molecular complexity index is 249. The molecule has 0 aromatic rings. The molecule has 17 heavy (non-hydrogen) atoms. The van der Waals surface area contributed by atoms with Gasteiger partial charge in [-0.1, -0.05) is 25.7 Å². The minimum Gasteiger partial charge on any atom is -0.391 e. The van der Waals surface area contributed by atoms with Gasteiger partial charge in [0.05, 0.1) is 6.10 Å². The average molecular weight is 237 g/mol. The van der Waals surface area contributed by atoms with E-state index in [2.05, 4.69) is 4.90 Å². The van der Waals surface area contributed by atoms with E-state index >= 15 is 0 Å². The summed E-state index contributed by atoms with van der Waals surface area (Å²) in [5.74, 6) is 0.951. The zero-order valence-corrected chi connectivity index (χ0v) is 11.0. The van der Waals surface area contributed by atoms with Crippen molar-refractivity contribution in [2.75, 3.05) is 6.54 Å². The Morgan fingerprint density at radius 2 is 1.35 bits per heavy atom. The highest BCUT2D eigenvalue weighted by Gasteiger charge is 2.39. The van der Waals surface area contributed by atoms with Crippen molar-refractivity contribution in [1.82, 2.24) is 4.90 Å². The summed E-state index contributed by atoms with van der Waals surface area (Å²) in [7, 11) is 0. The monoisotopic (exact) mass is 237 g/mol. The first-order valence-electron chi connectivity index (χ1n) is 7.80. The molecule has 2 nitrogen and oxygen atoms in total. The van der Waals surface area contributed by atoms with Crippen molar-refractivity contribution in [3.63, 3.8) is 0 Å². The van der Waals surface area contributed by atoms with E-state index in [0.29, 0.717) is 6.04 Å². The SMILES string of the molecule is O[C@H]1CCCC[C@@H]1N1CCCC1C1CCCC1. The van der Waals surface area contributed by atoms with Gasteiger partial charge in [-0.2, -0.15) is 0 Å². The lowest BCUT2D eigenvalue weighted by atomic mass is 9.88. The third-order valence-corrected chi connectivity index (χ3v) is 5.41. The van der Waals surface area contributed by atoms with Crippen LogP contribution in [0.5, 0.6) is 0 Å². The number of hydrogen-bond acceptors (Lipinski definition) is 2. The largest absolute Gasteiger partial charge is 0.391 e. The lowest BCUT2D eigenvalue weighted by Gasteiger charge is -2.40. The second-order valence-electron chi connectivity index (χ2n) is 6.41. The molecule has 1 unspecified atom stereocenters. The summed E-state index contributed by atoms with van der Waals surface area (Å²) in [5.41, 5.74) is 0. The molecule has 0 aromatic heterocycles. The summed E-state index contributed by atoms with van der Waals surface area (Å²) in [6, 6.07) is 1.31. The second kappa shape index (κ2) is 5.27. The minimum absolute atomic E-state index is 0.0363. The smallest absolute Gasteiger partial charge is 0.0695 e. The Morgan fingerprint density at radius 1 is 0.706 bits per heavy atom. The van der Waals surface area contributed by atoms with Gasteiger partial charge in [0, 0.05) is 12.1 Å². The predicted octanol–water partition coefficient (Wildman–Crippen LogP) is 2.94. The molecule has 3 rings (SSSR count). The first-order valence-corrected chi connectivity index (χ1v) is 7.80. The van der Waals surface area contributed by atoms with Crippen molar-refractivity contribution in [1.29, 1.82) is 0 Å². The number of likely N-dealkylation sites (tertiary alicyclic amines) is 1. The summed E-state index contributed by atoms with van der Waals surface area (Å²) in [4.78, 5) is 2.71. The van der Waals surface area contributed by atoms with E-state index in [1.54, 1.807) is 0 Å². The van der Waals surface area contributed by atoms with Crippen LogP contribution in [0, 0.1) is 5.92 Å². The molecule has 1 aliphatic heterocycles. The van der Waals surface area contributed by atoms with E-state index < -0.39 is 0 Å². The van der Waals surface area contributed by atoms with Crippen LogP contribution in [0.3, 0.4) is 0 Å². The first-order chi connectivity index (χ1) is 8.36. The summed E-state index contributed by atoms with van der Waals surface area (Å²) in [5, 5.41) is 10.2. The van der Waals surface area contributed by atoms with Gasteiger partial charge in [0.1, 0.15) is 0 Å². The van der Waals surface area contributed by atoms with E-state index in [1.807, 2.05) is 0 Å². The molecule has 0 spiro atoms. The minimum atomic E-state index is -0.0363. The molecule has 98 valence electrons. The maximum Gasteiger partial charge on any atom is 0.0695 e. The van der Waals surface area contributed by atoms with Crippen LogP contribution in [0.1, 0.15) is 64.2 Å². The lowest BCUT2D eigenvalue weighted by molar-refractivity contribution is 0.00265. The highest BCUT2D eigenvalue weighted by Crippen LogP contribution is 2.38. The Hall–Kier alpha value is -0.0800. The topological polar surface area (TPSA) is 23.5 Å². The Kier molecular flexibility index (Phi) is 3.72. The molecule has 2 heteroatoms. The number of aliphatic hydroxyl groups excluding tert-OH is 1. The molecule has 2 aliphatic carbocycles. The molecule has 1 N–H and O–H groups in total. The first kappa shape index (κ1) is 12.0. The summed E-state index contributed by atoms with van der Waals surface area (Å²) >= 11 is 0. The van der Waals surface area contributed by atoms with E-state index in [0.717, 1.165) is 18.4 Å². The maximum absolute atomic E-state index is 10.2. The van der Waals surface area contributed by atoms with Crippen molar-refractivity contribution in [3.8, 4) is 0 Å². The van der Waals surface area contributed by atoms with Gasteiger partial charge in [-0.05, 0) is 51.0 Å². The quantitative estimate of drug-likeness (QED) is 0.798. The summed E-state index contributed by atoms with van der Waals surface area (Å²) in [6.07, 6.45) is 13.4. The third kappa shape index (κ3) is 2.39. The van der Waals surface area contributed by atoms with E-state index in [9.17, 15) is 5.11 Å². The van der Waals surface area contributed by atoms with Gasteiger partial charge in [0.25, 0.3) is 0 Å². The van der Waals surface area contributed by atoms with Crippen LogP contribution in [-0.4, -0.2) is 34.7 Å². The lowest BCUT2D eigenvalue weighted by Crippen LogP contribution is -2.49. The molecular formula is C15H27NO. The van der Waals surface area contributed by atoms with Gasteiger partial charge < -0.3 is 5.11 Å². The fraction of sp³-hybridized carbons (Fsp3) is 1.00. The van der Waals surface area contributed by atoms with Gasteiger partial charge in [0.2, 0.25) is 0 Å². The number of rotatable bonds is 2. The van der Waals surface area contributed by atoms with Crippen molar-refractivity contribution < 1.29 is 5.11 Å². The van der Waals surface area contributed by atoms with Gasteiger partial charge in [-0.25, -0.2) is 0 Å². The number of nitrogens with zero attached hydrogens (tertiary/aromatic N) is 1. The predicted molar refractivity (Wildman–Crippen MR) is 69.9 cm³/mol. The van der Waals surface area contributed by atoms with E-state index in [-0.39, 0.29) is 6.10 Å². The van der Waals surface area contributed by atoms with Crippen molar-refractivity contribution >= 4 is 0 Å². The Labute approximate surface area is 105 Å². The summed E-state index contributed by atoms with van der Waals surface area (Å²) < 4.78 is 0. The molecule has 1 saturated heterocycles. The van der Waals surface area contributed by atoms with Crippen molar-refractivity contribution in [2.24, 2.45) is 5.92 Å². The molecule has 3 atom stereocenters. The van der Waals surface area contributed by atoms with Crippen molar-refractivity contribution in [2.45, 2.75) is 82.4 Å². The highest BCUT2D eigenvalue weighted by molar-refractivity contribution is 4.94. The molecule has 1 heterocycles. The van der Waals surface area contributed by atoms with Crippen LogP contribution in [0.2, 0.25) is 0 Å². The Balaban J connectivity index is 1.67.